The van der Waals surface area contributed by atoms with E-state index >= 15 is 0 Å². The molecule has 0 saturated heterocycles. The second-order valence-corrected chi connectivity index (χ2v) is 6.96. The highest BCUT2D eigenvalue weighted by atomic mass is 16.6. The SMILES string of the molecule is CC(C)(C)OC(=O)NNc1ccc(NC(=O)OC(C)(C)C)cc1. The van der Waals surface area contributed by atoms with Crippen molar-refractivity contribution < 1.29 is 19.1 Å². The van der Waals surface area contributed by atoms with E-state index in [1.54, 1.807) is 65.8 Å². The Morgan fingerprint density at radius 3 is 1.70 bits per heavy atom. The molecule has 1 aromatic rings. The normalized spacial score (nSPS) is 11.4. The lowest BCUT2D eigenvalue weighted by Gasteiger charge is -2.20. The molecule has 128 valence electrons. The average molecular weight is 323 g/mol. The molecule has 0 heterocycles. The quantitative estimate of drug-likeness (QED) is 0.734. The first kappa shape index (κ1) is 18.6. The Bertz CT molecular complexity index is 542. The summed E-state index contributed by atoms with van der Waals surface area (Å²) in [5, 5.41) is 2.62. The smallest absolute Gasteiger partial charge is 0.426 e. The third-order valence-corrected chi connectivity index (χ3v) is 2.24. The molecule has 23 heavy (non-hydrogen) atoms. The Hall–Kier alpha value is -2.44. The van der Waals surface area contributed by atoms with Gasteiger partial charge in [-0.25, -0.2) is 15.0 Å². The summed E-state index contributed by atoms with van der Waals surface area (Å²) in [4.78, 5) is 23.1. The number of carbonyl (C=O) groups is 2. The summed E-state index contributed by atoms with van der Waals surface area (Å²) in [6.45, 7) is 10.7. The highest BCUT2D eigenvalue weighted by Gasteiger charge is 2.17. The van der Waals surface area contributed by atoms with Gasteiger partial charge >= 0.3 is 12.2 Å². The Labute approximate surface area is 136 Å². The lowest BCUT2D eigenvalue weighted by Crippen LogP contribution is -2.35. The molecule has 3 N–H and O–H groups in total. The van der Waals surface area contributed by atoms with Crippen LogP contribution in [-0.4, -0.2) is 23.4 Å². The summed E-state index contributed by atoms with van der Waals surface area (Å²) < 4.78 is 10.3. The van der Waals surface area contributed by atoms with Crippen molar-refractivity contribution in [2.75, 3.05) is 10.7 Å². The Kier molecular flexibility index (Phi) is 5.84. The summed E-state index contributed by atoms with van der Waals surface area (Å²) in [7, 11) is 0. The predicted molar refractivity (Wildman–Crippen MR) is 89.3 cm³/mol. The van der Waals surface area contributed by atoms with Crippen LogP contribution in [0.5, 0.6) is 0 Å². The van der Waals surface area contributed by atoms with Crippen LogP contribution in [0, 0.1) is 0 Å². The lowest BCUT2D eigenvalue weighted by atomic mass is 10.2. The largest absolute Gasteiger partial charge is 0.444 e. The number of hydrazine groups is 1. The second kappa shape index (κ2) is 7.21. The summed E-state index contributed by atoms with van der Waals surface area (Å²) in [5.74, 6) is 0. The molecule has 0 fully saturated rings. The zero-order chi connectivity index (χ0) is 17.7. The zero-order valence-corrected chi connectivity index (χ0v) is 14.4. The minimum Gasteiger partial charge on any atom is -0.444 e. The molecule has 0 saturated carbocycles. The van der Waals surface area contributed by atoms with Crippen LogP contribution in [0.4, 0.5) is 21.0 Å². The summed E-state index contributed by atoms with van der Waals surface area (Å²) >= 11 is 0. The molecule has 1 rings (SSSR count). The number of nitrogens with one attached hydrogen (secondary N) is 3. The summed E-state index contributed by atoms with van der Waals surface area (Å²) in [6.07, 6.45) is -1.10. The Morgan fingerprint density at radius 2 is 1.22 bits per heavy atom. The number of carbonyl (C=O) groups excluding carboxylic acids is 2. The third kappa shape index (κ3) is 8.55. The van der Waals surface area contributed by atoms with Gasteiger partial charge in [0.1, 0.15) is 11.2 Å². The monoisotopic (exact) mass is 323 g/mol. The van der Waals surface area contributed by atoms with Gasteiger partial charge in [0.2, 0.25) is 0 Å². The van der Waals surface area contributed by atoms with Crippen molar-refractivity contribution in [3.8, 4) is 0 Å². The number of hydrogen-bond acceptors (Lipinski definition) is 5. The van der Waals surface area contributed by atoms with Gasteiger partial charge in [0.25, 0.3) is 0 Å². The fourth-order valence-electron chi connectivity index (χ4n) is 1.49. The fraction of sp³-hybridized carbons (Fsp3) is 0.500. The van der Waals surface area contributed by atoms with E-state index in [0.29, 0.717) is 11.4 Å². The number of anilines is 2. The van der Waals surface area contributed by atoms with E-state index in [9.17, 15) is 9.59 Å². The van der Waals surface area contributed by atoms with Gasteiger partial charge in [0, 0.05) is 5.69 Å². The van der Waals surface area contributed by atoms with Crippen LogP contribution in [0.2, 0.25) is 0 Å². The standard InChI is InChI=1S/C16H25N3O4/c1-15(2,3)22-13(20)17-11-7-9-12(10-8-11)18-19-14(21)23-16(4,5)6/h7-10,18H,1-6H3,(H,17,20)(H,19,21). The summed E-state index contributed by atoms with van der Waals surface area (Å²) in [6, 6.07) is 6.76. The van der Waals surface area contributed by atoms with Crippen LogP contribution < -0.4 is 16.2 Å². The first-order chi connectivity index (χ1) is 10.4. The topological polar surface area (TPSA) is 88.7 Å². The lowest BCUT2D eigenvalue weighted by molar-refractivity contribution is 0.0540. The van der Waals surface area contributed by atoms with Gasteiger partial charge in [-0.2, -0.15) is 0 Å². The molecule has 7 nitrogen and oxygen atoms in total. The van der Waals surface area contributed by atoms with Crippen LogP contribution in [0.25, 0.3) is 0 Å². The minimum absolute atomic E-state index is 0.523. The number of ether oxygens (including phenoxy) is 2. The van der Waals surface area contributed by atoms with Gasteiger partial charge < -0.3 is 9.47 Å². The molecule has 0 radical (unpaired) electrons. The maximum atomic E-state index is 11.6. The van der Waals surface area contributed by atoms with Crippen LogP contribution in [-0.2, 0) is 9.47 Å². The van der Waals surface area contributed by atoms with E-state index in [4.69, 9.17) is 9.47 Å². The molecule has 2 amide bonds. The van der Waals surface area contributed by atoms with Gasteiger partial charge in [-0.3, -0.25) is 10.7 Å². The number of amides is 2. The highest BCUT2D eigenvalue weighted by Crippen LogP contribution is 2.15. The van der Waals surface area contributed by atoms with Crippen LogP contribution in [0.1, 0.15) is 41.5 Å². The van der Waals surface area contributed by atoms with Gasteiger partial charge in [0.05, 0.1) is 5.69 Å². The maximum absolute atomic E-state index is 11.6. The minimum atomic E-state index is -0.576. The third-order valence-electron chi connectivity index (χ3n) is 2.24. The van der Waals surface area contributed by atoms with Crippen molar-refractivity contribution >= 4 is 23.6 Å². The van der Waals surface area contributed by atoms with Crippen molar-refractivity contribution in [1.29, 1.82) is 0 Å². The first-order valence-corrected chi connectivity index (χ1v) is 7.30. The molecule has 0 spiro atoms. The number of rotatable bonds is 3. The van der Waals surface area contributed by atoms with E-state index in [0.717, 1.165) is 0 Å². The molecule has 0 unspecified atom stereocenters. The van der Waals surface area contributed by atoms with E-state index in [1.165, 1.54) is 0 Å². The average Bonchev–Trinajstić information content (AvgIpc) is 2.33. The molecule has 0 aliphatic rings. The molecule has 1 aromatic carbocycles. The van der Waals surface area contributed by atoms with E-state index in [-0.39, 0.29) is 0 Å². The molecule has 0 aliphatic carbocycles. The molecule has 0 bridgehead atoms. The van der Waals surface area contributed by atoms with Crippen LogP contribution in [0.3, 0.4) is 0 Å². The van der Waals surface area contributed by atoms with Gasteiger partial charge in [-0.05, 0) is 65.8 Å². The van der Waals surface area contributed by atoms with Crippen LogP contribution in [0.15, 0.2) is 24.3 Å². The molecular formula is C16H25N3O4. The van der Waals surface area contributed by atoms with E-state index in [1.807, 2.05) is 0 Å². The fourth-order valence-corrected chi connectivity index (χ4v) is 1.49. The van der Waals surface area contributed by atoms with Crippen molar-refractivity contribution in [3.05, 3.63) is 24.3 Å². The molecule has 0 atom stereocenters. The van der Waals surface area contributed by atoms with Gasteiger partial charge in [-0.15, -0.1) is 0 Å². The second-order valence-electron chi connectivity index (χ2n) is 6.96. The first-order valence-electron chi connectivity index (χ1n) is 7.30. The van der Waals surface area contributed by atoms with Crippen molar-refractivity contribution in [2.45, 2.75) is 52.7 Å². The van der Waals surface area contributed by atoms with E-state index in [2.05, 4.69) is 16.2 Å². The number of benzene rings is 1. The van der Waals surface area contributed by atoms with Crippen molar-refractivity contribution in [2.24, 2.45) is 0 Å². The molecule has 0 aromatic heterocycles. The zero-order valence-electron chi connectivity index (χ0n) is 14.4. The predicted octanol–water partition coefficient (Wildman–Crippen LogP) is 3.89. The van der Waals surface area contributed by atoms with E-state index < -0.39 is 23.4 Å². The Balaban J connectivity index is 2.48. The molecule has 7 heteroatoms. The Morgan fingerprint density at radius 1 is 0.783 bits per heavy atom. The van der Waals surface area contributed by atoms with Crippen LogP contribution >= 0.6 is 0 Å². The highest BCUT2D eigenvalue weighted by molar-refractivity contribution is 5.85. The van der Waals surface area contributed by atoms with Crippen molar-refractivity contribution in [3.63, 3.8) is 0 Å². The molecule has 0 aliphatic heterocycles. The number of hydrogen-bond donors (Lipinski definition) is 3. The van der Waals surface area contributed by atoms with Gasteiger partial charge in [-0.1, -0.05) is 0 Å². The summed E-state index contributed by atoms with van der Waals surface area (Å²) in [5.41, 5.74) is 5.26. The maximum Gasteiger partial charge on any atom is 0.426 e. The van der Waals surface area contributed by atoms with Gasteiger partial charge in [0.15, 0.2) is 0 Å². The van der Waals surface area contributed by atoms with Crippen molar-refractivity contribution in [1.82, 2.24) is 5.43 Å². The molecular weight excluding hydrogens is 298 g/mol.